The molecule has 1 saturated heterocycles. The zero-order valence-electron chi connectivity index (χ0n) is 10.4. The van der Waals surface area contributed by atoms with Crippen LogP contribution in [0.15, 0.2) is 35.7 Å². The molecule has 1 aromatic carbocycles. The van der Waals surface area contributed by atoms with Crippen LogP contribution in [0.1, 0.15) is 5.56 Å². The third-order valence-corrected chi connectivity index (χ3v) is 3.28. The first-order chi connectivity index (χ1) is 9.41. The quantitative estimate of drug-likeness (QED) is 0.832. The predicted octanol–water partition coefficient (Wildman–Crippen LogP) is 1.90. The Morgan fingerprint density at radius 3 is 2.65 bits per heavy atom. The fraction of sp³-hybridized carbons (Fsp3) is 0.308. The van der Waals surface area contributed by atoms with E-state index in [1.165, 1.54) is 12.1 Å². The highest BCUT2D eigenvalue weighted by molar-refractivity contribution is 6.07. The molecular weight excluding hydrogens is 273 g/mol. The largest absolute Gasteiger partial charge is 0.416 e. The highest BCUT2D eigenvalue weighted by Crippen LogP contribution is 2.39. The standard InChI is InChI=1S/C13H11F3N2O2/c1-17-9-8(10(19)12-11(9)20-12)18-7-4-2-3-6(5-7)13(14,15)16/h2-5,11-12,17-18H,1H3. The topological polar surface area (TPSA) is 53.7 Å². The van der Waals surface area contributed by atoms with E-state index < -0.39 is 17.8 Å². The molecule has 0 bridgehead atoms. The maximum absolute atomic E-state index is 12.6. The van der Waals surface area contributed by atoms with Crippen molar-refractivity contribution in [3.05, 3.63) is 41.2 Å². The second kappa shape index (κ2) is 4.24. The minimum atomic E-state index is -4.41. The van der Waals surface area contributed by atoms with Crippen molar-refractivity contribution in [2.24, 2.45) is 0 Å². The Morgan fingerprint density at radius 1 is 1.25 bits per heavy atom. The van der Waals surface area contributed by atoms with Gasteiger partial charge in [-0.3, -0.25) is 4.79 Å². The van der Waals surface area contributed by atoms with Gasteiger partial charge in [-0.25, -0.2) is 0 Å². The van der Waals surface area contributed by atoms with E-state index in [0.29, 0.717) is 5.70 Å². The lowest BCUT2D eigenvalue weighted by atomic mass is 10.2. The number of benzene rings is 1. The minimum absolute atomic E-state index is 0.220. The number of nitrogens with one attached hydrogen (secondary N) is 2. The van der Waals surface area contributed by atoms with Crippen LogP contribution in [0.4, 0.5) is 18.9 Å². The van der Waals surface area contributed by atoms with Crippen LogP contribution in [0, 0.1) is 0 Å². The number of carbonyl (C=O) groups excluding carboxylic acids is 1. The summed E-state index contributed by atoms with van der Waals surface area (Å²) < 4.78 is 43.0. The molecule has 1 aromatic rings. The number of likely N-dealkylation sites (N-methyl/N-ethyl adjacent to an activating group) is 1. The van der Waals surface area contributed by atoms with Crippen LogP contribution >= 0.6 is 0 Å². The van der Waals surface area contributed by atoms with E-state index >= 15 is 0 Å². The van der Waals surface area contributed by atoms with Gasteiger partial charge in [0.2, 0.25) is 5.78 Å². The number of rotatable bonds is 3. The van der Waals surface area contributed by atoms with E-state index in [0.717, 1.165) is 12.1 Å². The average molecular weight is 284 g/mol. The number of alkyl halides is 3. The van der Waals surface area contributed by atoms with E-state index in [9.17, 15) is 18.0 Å². The molecule has 1 heterocycles. The minimum Gasteiger partial charge on any atom is -0.387 e. The molecule has 1 aliphatic heterocycles. The molecule has 1 aliphatic carbocycles. The Morgan fingerprint density at radius 2 is 2.00 bits per heavy atom. The van der Waals surface area contributed by atoms with E-state index in [4.69, 9.17) is 4.74 Å². The van der Waals surface area contributed by atoms with Crippen molar-refractivity contribution in [2.75, 3.05) is 12.4 Å². The highest BCUT2D eigenvalue weighted by Gasteiger charge is 2.55. The summed E-state index contributed by atoms with van der Waals surface area (Å²) in [5.41, 5.74) is 0.309. The number of ketones is 1. The molecule has 106 valence electrons. The molecule has 2 unspecified atom stereocenters. The van der Waals surface area contributed by atoms with Crippen molar-refractivity contribution >= 4 is 11.5 Å². The fourth-order valence-electron chi connectivity index (χ4n) is 2.26. The van der Waals surface area contributed by atoms with Crippen LogP contribution in [-0.4, -0.2) is 25.0 Å². The van der Waals surface area contributed by atoms with E-state index in [2.05, 4.69) is 10.6 Å². The number of anilines is 1. The number of hydrogen-bond acceptors (Lipinski definition) is 4. The summed E-state index contributed by atoms with van der Waals surface area (Å²) in [7, 11) is 1.64. The second-order valence-corrected chi connectivity index (χ2v) is 4.58. The SMILES string of the molecule is CNC1=C(Nc2cccc(C(F)(F)F)c2)C(=O)C2OC12. The number of ether oxygens (including phenoxy) is 1. The first-order valence-corrected chi connectivity index (χ1v) is 5.97. The van der Waals surface area contributed by atoms with E-state index in [-0.39, 0.29) is 23.3 Å². The molecule has 0 radical (unpaired) electrons. The predicted molar refractivity (Wildman–Crippen MR) is 64.8 cm³/mol. The summed E-state index contributed by atoms with van der Waals surface area (Å²) in [5.74, 6) is -0.239. The summed E-state index contributed by atoms with van der Waals surface area (Å²) in [5, 5.41) is 5.60. The zero-order chi connectivity index (χ0) is 14.5. The third-order valence-electron chi connectivity index (χ3n) is 3.28. The van der Waals surface area contributed by atoms with Crippen LogP contribution in [0.2, 0.25) is 0 Å². The summed E-state index contributed by atoms with van der Waals surface area (Å²) in [6.45, 7) is 0. The van der Waals surface area contributed by atoms with Gasteiger partial charge >= 0.3 is 6.18 Å². The van der Waals surface area contributed by atoms with Crippen LogP contribution in [0.5, 0.6) is 0 Å². The Kier molecular flexibility index (Phi) is 2.75. The lowest BCUT2D eigenvalue weighted by Crippen LogP contribution is -2.19. The Balaban J connectivity index is 1.88. The third kappa shape index (κ3) is 2.03. The van der Waals surface area contributed by atoms with Gasteiger partial charge in [0.05, 0.1) is 11.3 Å². The molecule has 7 heteroatoms. The first-order valence-electron chi connectivity index (χ1n) is 5.97. The van der Waals surface area contributed by atoms with Crippen LogP contribution < -0.4 is 10.6 Å². The molecule has 20 heavy (non-hydrogen) atoms. The zero-order valence-corrected chi connectivity index (χ0v) is 10.4. The molecule has 0 saturated carbocycles. The Labute approximate surface area is 112 Å². The molecule has 3 rings (SSSR count). The van der Waals surface area contributed by atoms with Gasteiger partial charge in [-0.2, -0.15) is 13.2 Å². The molecule has 1 fully saturated rings. The van der Waals surface area contributed by atoms with Gasteiger partial charge in [0, 0.05) is 12.7 Å². The molecule has 0 spiro atoms. The second-order valence-electron chi connectivity index (χ2n) is 4.58. The first kappa shape index (κ1) is 13.0. The summed E-state index contributed by atoms with van der Waals surface area (Å²) in [4.78, 5) is 11.9. The van der Waals surface area contributed by atoms with Crippen molar-refractivity contribution in [1.29, 1.82) is 0 Å². The van der Waals surface area contributed by atoms with Gasteiger partial charge in [0.25, 0.3) is 0 Å². The molecule has 2 aliphatic rings. The molecule has 4 nitrogen and oxygen atoms in total. The van der Waals surface area contributed by atoms with Gasteiger partial charge < -0.3 is 15.4 Å². The molecular formula is C13H11F3N2O2. The maximum Gasteiger partial charge on any atom is 0.416 e. The van der Waals surface area contributed by atoms with Crippen molar-refractivity contribution in [1.82, 2.24) is 5.32 Å². The van der Waals surface area contributed by atoms with Crippen molar-refractivity contribution in [3.8, 4) is 0 Å². The van der Waals surface area contributed by atoms with Crippen LogP contribution in [0.3, 0.4) is 0 Å². The van der Waals surface area contributed by atoms with Gasteiger partial charge in [-0.15, -0.1) is 0 Å². The Hall–Kier alpha value is -2.02. The monoisotopic (exact) mass is 284 g/mol. The number of carbonyl (C=O) groups is 1. The van der Waals surface area contributed by atoms with Gasteiger partial charge in [-0.05, 0) is 18.2 Å². The maximum atomic E-state index is 12.6. The number of fused-ring (bicyclic) bond motifs is 1. The fourth-order valence-corrected chi connectivity index (χ4v) is 2.26. The number of hydrogen-bond donors (Lipinski definition) is 2. The van der Waals surface area contributed by atoms with E-state index in [1.54, 1.807) is 7.05 Å². The molecule has 2 atom stereocenters. The summed E-state index contributed by atoms with van der Waals surface area (Å²) >= 11 is 0. The molecule has 2 N–H and O–H groups in total. The summed E-state index contributed by atoms with van der Waals surface area (Å²) in [6.07, 6.45) is -5.20. The van der Waals surface area contributed by atoms with Crippen LogP contribution in [-0.2, 0) is 15.7 Å². The molecule has 0 aromatic heterocycles. The van der Waals surface area contributed by atoms with Gasteiger partial charge in [0.1, 0.15) is 11.8 Å². The average Bonchev–Trinajstić information content (AvgIpc) is 3.12. The van der Waals surface area contributed by atoms with Gasteiger partial charge in [0.15, 0.2) is 6.10 Å². The number of halogens is 3. The van der Waals surface area contributed by atoms with E-state index in [1.807, 2.05) is 0 Å². The highest BCUT2D eigenvalue weighted by atomic mass is 19.4. The number of Topliss-reactive ketones (excluding diaryl/α,β-unsaturated/α-hetero) is 1. The lowest BCUT2D eigenvalue weighted by Gasteiger charge is -2.13. The van der Waals surface area contributed by atoms with Crippen molar-refractivity contribution < 1.29 is 22.7 Å². The number of epoxide rings is 1. The normalized spacial score (nSPS) is 24.7. The van der Waals surface area contributed by atoms with Crippen molar-refractivity contribution in [2.45, 2.75) is 18.4 Å². The van der Waals surface area contributed by atoms with Gasteiger partial charge in [-0.1, -0.05) is 6.07 Å². The Bertz CT molecular complexity index is 610. The van der Waals surface area contributed by atoms with Crippen LogP contribution in [0.25, 0.3) is 0 Å². The molecule has 0 amide bonds. The van der Waals surface area contributed by atoms with Crippen molar-refractivity contribution in [3.63, 3.8) is 0 Å². The smallest absolute Gasteiger partial charge is 0.387 e. The lowest BCUT2D eigenvalue weighted by molar-refractivity contribution is -0.137. The summed E-state index contributed by atoms with van der Waals surface area (Å²) in [6, 6.07) is 4.73.